The number of thioether (sulfide) groups is 1. The number of nitrogens with one attached hydrogen (secondary N) is 1. The number of aliphatic hydroxyl groups excluding tert-OH is 1. The van der Waals surface area contributed by atoms with Crippen molar-refractivity contribution in [2.24, 2.45) is 5.41 Å². The molecular weight excluding hydrogens is 230 g/mol. The van der Waals surface area contributed by atoms with Crippen LogP contribution in [-0.2, 0) is 0 Å². The summed E-state index contributed by atoms with van der Waals surface area (Å²) in [6.45, 7) is 6.73. The lowest BCUT2D eigenvalue weighted by Gasteiger charge is -2.33. The molecule has 0 spiro atoms. The molecule has 1 rings (SSSR count). The highest BCUT2D eigenvalue weighted by atomic mass is 32.2. The maximum absolute atomic E-state index is 9.54. The fraction of sp³-hybridized carbons (Fsp3) is 1.00. The summed E-state index contributed by atoms with van der Waals surface area (Å²) in [4.78, 5) is 0. The normalized spacial score (nSPS) is 19.8. The molecule has 1 aliphatic carbocycles. The van der Waals surface area contributed by atoms with Gasteiger partial charge in [0, 0.05) is 29.9 Å². The molecule has 0 amide bonds. The van der Waals surface area contributed by atoms with Gasteiger partial charge in [0.05, 0.1) is 0 Å². The van der Waals surface area contributed by atoms with E-state index in [1.807, 2.05) is 11.8 Å². The van der Waals surface area contributed by atoms with Crippen molar-refractivity contribution in [3.63, 3.8) is 0 Å². The fourth-order valence-corrected chi connectivity index (χ4v) is 3.75. The zero-order valence-electron chi connectivity index (χ0n) is 11.7. The molecular formula is C14H29NOS. The van der Waals surface area contributed by atoms with E-state index in [0.29, 0.717) is 11.4 Å². The smallest absolute Gasteiger partial charge is 0.0499 e. The maximum Gasteiger partial charge on any atom is 0.0499 e. The minimum atomic E-state index is 0.0954. The minimum Gasteiger partial charge on any atom is -0.396 e. The zero-order chi connectivity index (χ0) is 12.8. The monoisotopic (exact) mass is 259 g/mol. The summed E-state index contributed by atoms with van der Waals surface area (Å²) >= 11 is 2.03. The molecule has 1 saturated carbocycles. The van der Waals surface area contributed by atoms with Crippen LogP contribution in [0.15, 0.2) is 0 Å². The van der Waals surface area contributed by atoms with Crippen LogP contribution in [0.3, 0.4) is 0 Å². The van der Waals surface area contributed by atoms with Gasteiger partial charge >= 0.3 is 0 Å². The van der Waals surface area contributed by atoms with E-state index in [1.165, 1.54) is 25.7 Å². The summed E-state index contributed by atoms with van der Waals surface area (Å²) in [6, 6.07) is 0. The van der Waals surface area contributed by atoms with Crippen LogP contribution >= 0.6 is 11.8 Å². The van der Waals surface area contributed by atoms with Crippen molar-refractivity contribution in [1.29, 1.82) is 0 Å². The summed E-state index contributed by atoms with van der Waals surface area (Å²) in [5, 5.41) is 13.2. The standard InChI is InChI=1S/C14H29NOS/c1-4-13(5-2,12-16)10-15-11-14(17-3)8-6-7-9-14/h15-16H,4-12H2,1-3H3. The van der Waals surface area contributed by atoms with Crippen LogP contribution < -0.4 is 5.32 Å². The van der Waals surface area contributed by atoms with Gasteiger partial charge in [-0.25, -0.2) is 0 Å². The third-order valence-corrected chi connectivity index (χ3v) is 6.15. The van der Waals surface area contributed by atoms with Crippen LogP contribution in [0.5, 0.6) is 0 Å². The molecule has 17 heavy (non-hydrogen) atoms. The quantitative estimate of drug-likeness (QED) is 0.703. The van der Waals surface area contributed by atoms with Gasteiger partial charge in [-0.15, -0.1) is 0 Å². The average molecular weight is 259 g/mol. The Morgan fingerprint density at radius 2 is 1.82 bits per heavy atom. The fourth-order valence-electron chi connectivity index (χ4n) is 2.81. The first-order valence-corrected chi connectivity index (χ1v) is 8.25. The molecule has 1 fully saturated rings. The van der Waals surface area contributed by atoms with Crippen molar-refractivity contribution >= 4 is 11.8 Å². The molecule has 0 bridgehead atoms. The van der Waals surface area contributed by atoms with Gasteiger partial charge in [0.1, 0.15) is 0 Å². The van der Waals surface area contributed by atoms with Crippen LogP contribution in [0.25, 0.3) is 0 Å². The van der Waals surface area contributed by atoms with Crippen molar-refractivity contribution in [3.8, 4) is 0 Å². The van der Waals surface area contributed by atoms with E-state index in [9.17, 15) is 5.11 Å². The molecule has 2 N–H and O–H groups in total. The Morgan fingerprint density at radius 3 is 2.24 bits per heavy atom. The van der Waals surface area contributed by atoms with E-state index >= 15 is 0 Å². The third kappa shape index (κ3) is 3.87. The molecule has 0 aromatic rings. The summed E-state index contributed by atoms with van der Waals surface area (Å²) in [5.74, 6) is 0. The van der Waals surface area contributed by atoms with Gasteiger partial charge in [0.15, 0.2) is 0 Å². The summed E-state index contributed by atoms with van der Waals surface area (Å²) in [7, 11) is 0. The lowest BCUT2D eigenvalue weighted by molar-refractivity contribution is 0.112. The number of hydrogen-bond acceptors (Lipinski definition) is 3. The molecule has 0 heterocycles. The van der Waals surface area contributed by atoms with E-state index in [-0.39, 0.29) is 5.41 Å². The second-order valence-corrected chi connectivity index (χ2v) is 6.84. The zero-order valence-corrected chi connectivity index (χ0v) is 12.5. The molecule has 0 aromatic heterocycles. The van der Waals surface area contributed by atoms with Crippen LogP contribution in [0.2, 0.25) is 0 Å². The highest BCUT2D eigenvalue weighted by Gasteiger charge is 2.33. The molecule has 0 aliphatic heterocycles. The molecule has 1 aliphatic rings. The Hall–Kier alpha value is 0.270. The van der Waals surface area contributed by atoms with Crippen molar-refractivity contribution in [2.45, 2.75) is 57.1 Å². The van der Waals surface area contributed by atoms with Crippen molar-refractivity contribution < 1.29 is 5.11 Å². The Balaban J connectivity index is 2.39. The number of aliphatic hydroxyl groups is 1. The van der Waals surface area contributed by atoms with Gasteiger partial charge in [-0.2, -0.15) is 11.8 Å². The minimum absolute atomic E-state index is 0.0954. The van der Waals surface area contributed by atoms with E-state index in [4.69, 9.17) is 0 Å². The molecule has 0 radical (unpaired) electrons. The van der Waals surface area contributed by atoms with Crippen molar-refractivity contribution in [1.82, 2.24) is 5.32 Å². The second kappa shape index (κ2) is 7.01. The first-order chi connectivity index (χ1) is 8.16. The van der Waals surface area contributed by atoms with E-state index in [1.54, 1.807) is 0 Å². The Morgan fingerprint density at radius 1 is 1.24 bits per heavy atom. The topological polar surface area (TPSA) is 32.3 Å². The second-order valence-electron chi connectivity index (χ2n) is 5.56. The van der Waals surface area contributed by atoms with Gasteiger partial charge in [0.25, 0.3) is 0 Å². The summed E-state index contributed by atoms with van der Waals surface area (Å²) in [6.07, 6.45) is 9.83. The van der Waals surface area contributed by atoms with Gasteiger partial charge in [-0.05, 0) is 31.9 Å². The lowest BCUT2D eigenvalue weighted by Crippen LogP contribution is -2.42. The molecule has 3 heteroatoms. The van der Waals surface area contributed by atoms with Gasteiger partial charge in [-0.3, -0.25) is 0 Å². The van der Waals surface area contributed by atoms with Crippen LogP contribution in [0.1, 0.15) is 52.4 Å². The molecule has 0 aromatic carbocycles. The molecule has 0 unspecified atom stereocenters. The Bertz CT molecular complexity index is 194. The SMILES string of the molecule is CCC(CC)(CO)CNCC1(SC)CCCC1. The van der Waals surface area contributed by atoms with Crippen molar-refractivity contribution in [2.75, 3.05) is 26.0 Å². The van der Waals surface area contributed by atoms with E-state index in [2.05, 4.69) is 25.4 Å². The molecule has 102 valence electrons. The van der Waals surface area contributed by atoms with E-state index < -0.39 is 0 Å². The number of rotatable bonds is 8. The van der Waals surface area contributed by atoms with Gasteiger partial charge < -0.3 is 10.4 Å². The van der Waals surface area contributed by atoms with Gasteiger partial charge in [-0.1, -0.05) is 26.7 Å². The summed E-state index contributed by atoms with van der Waals surface area (Å²) < 4.78 is 0.475. The first-order valence-electron chi connectivity index (χ1n) is 7.02. The molecule has 2 nitrogen and oxygen atoms in total. The third-order valence-electron chi connectivity index (χ3n) is 4.73. The molecule has 0 saturated heterocycles. The van der Waals surface area contributed by atoms with Crippen LogP contribution in [0, 0.1) is 5.41 Å². The largest absolute Gasteiger partial charge is 0.396 e. The predicted molar refractivity (Wildman–Crippen MR) is 77.7 cm³/mol. The highest BCUT2D eigenvalue weighted by molar-refractivity contribution is 8.00. The number of hydrogen-bond donors (Lipinski definition) is 2. The van der Waals surface area contributed by atoms with Crippen LogP contribution in [-0.4, -0.2) is 35.8 Å². The van der Waals surface area contributed by atoms with Crippen molar-refractivity contribution in [3.05, 3.63) is 0 Å². The lowest BCUT2D eigenvalue weighted by atomic mass is 9.83. The van der Waals surface area contributed by atoms with Crippen LogP contribution in [0.4, 0.5) is 0 Å². The molecule has 0 atom stereocenters. The first kappa shape index (κ1) is 15.3. The Labute approximate surface area is 111 Å². The average Bonchev–Trinajstić information content (AvgIpc) is 2.85. The Kier molecular flexibility index (Phi) is 6.32. The van der Waals surface area contributed by atoms with Gasteiger partial charge in [0.2, 0.25) is 0 Å². The van der Waals surface area contributed by atoms with E-state index in [0.717, 1.165) is 25.9 Å². The highest BCUT2D eigenvalue weighted by Crippen LogP contribution is 2.39. The predicted octanol–water partition coefficient (Wildman–Crippen LogP) is 3.05. The maximum atomic E-state index is 9.54. The summed E-state index contributed by atoms with van der Waals surface area (Å²) in [5.41, 5.74) is 0.0954.